The molecule has 0 radical (unpaired) electrons. The smallest absolute Gasteiger partial charge is 0.270 e. The van der Waals surface area contributed by atoms with Gasteiger partial charge in [0.25, 0.3) is 5.69 Å². The largest absolute Gasteiger partial charge is 0.376 e. The standard InChI is InChI=1S/C18H19N5O4S/c1-4-28(26,27)13-6-8-17(22(2)3)16(10-13)21-18-14-9-12(23(24)25)5-7-15(14)19-11-20-18/h5-11H,4H2,1-3H3,(H,19,20,21). The Balaban J connectivity index is 2.16. The van der Waals surface area contributed by atoms with E-state index >= 15 is 0 Å². The van der Waals surface area contributed by atoms with Crippen LogP contribution in [0.4, 0.5) is 22.9 Å². The Bertz CT molecular complexity index is 1160. The summed E-state index contributed by atoms with van der Waals surface area (Å²) < 4.78 is 24.6. The first-order valence-electron chi connectivity index (χ1n) is 8.43. The topological polar surface area (TPSA) is 118 Å². The van der Waals surface area contributed by atoms with Gasteiger partial charge in [0, 0.05) is 31.6 Å². The fourth-order valence-electron chi connectivity index (χ4n) is 2.75. The highest BCUT2D eigenvalue weighted by Crippen LogP contribution is 2.33. The monoisotopic (exact) mass is 401 g/mol. The summed E-state index contributed by atoms with van der Waals surface area (Å²) >= 11 is 0. The average Bonchev–Trinajstić information content (AvgIpc) is 2.67. The van der Waals surface area contributed by atoms with Gasteiger partial charge in [-0.3, -0.25) is 10.1 Å². The molecule has 0 bridgehead atoms. The molecule has 0 saturated heterocycles. The number of nitro groups is 1. The SMILES string of the molecule is CCS(=O)(=O)c1ccc(N(C)C)c(Nc2ncnc3ccc([N+](=O)[O-])cc23)c1. The second-order valence-electron chi connectivity index (χ2n) is 6.28. The third kappa shape index (κ3) is 3.72. The van der Waals surface area contributed by atoms with Gasteiger partial charge in [0.1, 0.15) is 12.1 Å². The van der Waals surface area contributed by atoms with E-state index in [-0.39, 0.29) is 16.3 Å². The Morgan fingerprint density at radius 1 is 1.14 bits per heavy atom. The Kier molecular flexibility index (Phi) is 5.14. The van der Waals surface area contributed by atoms with E-state index in [1.807, 2.05) is 19.0 Å². The number of sulfone groups is 1. The average molecular weight is 401 g/mol. The van der Waals surface area contributed by atoms with Crippen LogP contribution in [-0.2, 0) is 9.84 Å². The first kappa shape index (κ1) is 19.5. The molecule has 10 heteroatoms. The Labute approximate surface area is 162 Å². The number of hydrogen-bond acceptors (Lipinski definition) is 8. The fourth-order valence-corrected chi connectivity index (χ4v) is 3.66. The quantitative estimate of drug-likeness (QED) is 0.494. The van der Waals surface area contributed by atoms with Crippen molar-refractivity contribution in [2.24, 2.45) is 0 Å². The first-order valence-corrected chi connectivity index (χ1v) is 10.1. The van der Waals surface area contributed by atoms with Gasteiger partial charge in [-0.25, -0.2) is 18.4 Å². The molecule has 0 aliphatic rings. The maximum absolute atomic E-state index is 12.3. The molecule has 0 amide bonds. The number of rotatable bonds is 6. The number of non-ortho nitro benzene ring substituents is 1. The first-order chi connectivity index (χ1) is 13.2. The molecule has 0 fully saturated rings. The van der Waals surface area contributed by atoms with Crippen LogP contribution in [0.1, 0.15) is 6.92 Å². The van der Waals surface area contributed by atoms with Crippen molar-refractivity contribution in [3.8, 4) is 0 Å². The summed E-state index contributed by atoms with van der Waals surface area (Å²) in [7, 11) is 0.265. The zero-order valence-electron chi connectivity index (χ0n) is 15.6. The lowest BCUT2D eigenvalue weighted by molar-refractivity contribution is -0.384. The van der Waals surface area contributed by atoms with Crippen molar-refractivity contribution < 1.29 is 13.3 Å². The summed E-state index contributed by atoms with van der Waals surface area (Å²) in [6, 6.07) is 9.11. The lowest BCUT2D eigenvalue weighted by atomic mass is 10.2. The molecule has 3 aromatic rings. The van der Waals surface area contributed by atoms with Crippen LogP contribution in [0.15, 0.2) is 47.6 Å². The molecule has 28 heavy (non-hydrogen) atoms. The molecule has 0 saturated carbocycles. The minimum atomic E-state index is -3.40. The van der Waals surface area contributed by atoms with Crippen LogP contribution >= 0.6 is 0 Å². The van der Waals surface area contributed by atoms with Crippen molar-refractivity contribution in [3.05, 3.63) is 52.8 Å². The molecule has 0 unspecified atom stereocenters. The summed E-state index contributed by atoms with van der Waals surface area (Å²) in [5.74, 6) is 0.332. The van der Waals surface area contributed by atoms with Crippen LogP contribution in [0.3, 0.4) is 0 Å². The highest BCUT2D eigenvalue weighted by atomic mass is 32.2. The predicted octanol–water partition coefficient (Wildman–Crippen LogP) is 3.14. The lowest BCUT2D eigenvalue weighted by Gasteiger charge is -2.19. The molecule has 2 aromatic carbocycles. The number of fused-ring (bicyclic) bond motifs is 1. The van der Waals surface area contributed by atoms with Crippen molar-refractivity contribution in [2.45, 2.75) is 11.8 Å². The Morgan fingerprint density at radius 3 is 2.54 bits per heavy atom. The Morgan fingerprint density at radius 2 is 1.89 bits per heavy atom. The Hall–Kier alpha value is -3.27. The van der Waals surface area contributed by atoms with Gasteiger partial charge in [-0.1, -0.05) is 6.92 Å². The van der Waals surface area contributed by atoms with E-state index in [4.69, 9.17) is 0 Å². The van der Waals surface area contributed by atoms with Crippen LogP contribution in [0, 0.1) is 10.1 Å². The second kappa shape index (κ2) is 7.39. The van der Waals surface area contributed by atoms with E-state index in [9.17, 15) is 18.5 Å². The summed E-state index contributed by atoms with van der Waals surface area (Å²) in [6.45, 7) is 1.58. The summed E-state index contributed by atoms with van der Waals surface area (Å²) in [5.41, 5.74) is 1.71. The summed E-state index contributed by atoms with van der Waals surface area (Å²) in [6.07, 6.45) is 1.35. The van der Waals surface area contributed by atoms with Crippen molar-refractivity contribution in [2.75, 3.05) is 30.1 Å². The number of nitrogens with one attached hydrogen (secondary N) is 1. The van der Waals surface area contributed by atoms with Crippen molar-refractivity contribution in [3.63, 3.8) is 0 Å². The van der Waals surface area contributed by atoms with Crippen LogP contribution < -0.4 is 10.2 Å². The number of anilines is 3. The molecule has 0 spiro atoms. The zero-order valence-corrected chi connectivity index (χ0v) is 16.4. The van der Waals surface area contributed by atoms with Crippen LogP contribution in [0.25, 0.3) is 10.9 Å². The van der Waals surface area contributed by atoms with Gasteiger partial charge in [-0.2, -0.15) is 0 Å². The van der Waals surface area contributed by atoms with Crippen molar-refractivity contribution >= 4 is 43.6 Å². The third-order valence-electron chi connectivity index (χ3n) is 4.27. The van der Waals surface area contributed by atoms with Crippen LogP contribution in [-0.4, -0.2) is 43.2 Å². The van der Waals surface area contributed by atoms with E-state index in [1.165, 1.54) is 18.5 Å². The van der Waals surface area contributed by atoms with Gasteiger partial charge >= 0.3 is 0 Å². The molecular formula is C18H19N5O4S. The normalized spacial score (nSPS) is 11.4. The number of nitrogens with zero attached hydrogens (tertiary/aromatic N) is 4. The predicted molar refractivity (Wildman–Crippen MR) is 108 cm³/mol. The van der Waals surface area contributed by atoms with Gasteiger partial charge in [0.2, 0.25) is 0 Å². The number of hydrogen-bond donors (Lipinski definition) is 1. The molecule has 1 aromatic heterocycles. The van der Waals surface area contributed by atoms with Crippen molar-refractivity contribution in [1.29, 1.82) is 0 Å². The van der Waals surface area contributed by atoms with Crippen molar-refractivity contribution in [1.82, 2.24) is 9.97 Å². The molecule has 9 nitrogen and oxygen atoms in total. The van der Waals surface area contributed by atoms with Gasteiger partial charge in [0.15, 0.2) is 9.84 Å². The molecule has 1 N–H and O–H groups in total. The molecular weight excluding hydrogens is 382 g/mol. The molecule has 0 atom stereocenters. The zero-order chi connectivity index (χ0) is 20.5. The number of nitro benzene ring substituents is 1. The number of benzene rings is 2. The summed E-state index contributed by atoms with van der Waals surface area (Å²) in [5, 5.41) is 14.7. The highest BCUT2D eigenvalue weighted by molar-refractivity contribution is 7.91. The molecule has 1 heterocycles. The van der Waals surface area contributed by atoms with E-state index in [0.717, 1.165) is 5.69 Å². The van der Waals surface area contributed by atoms with Gasteiger partial charge in [0.05, 0.1) is 32.5 Å². The molecule has 3 rings (SSSR count). The van der Waals surface area contributed by atoms with E-state index in [2.05, 4.69) is 15.3 Å². The van der Waals surface area contributed by atoms with E-state index in [0.29, 0.717) is 22.4 Å². The van der Waals surface area contributed by atoms with Crippen LogP contribution in [0.5, 0.6) is 0 Å². The second-order valence-corrected chi connectivity index (χ2v) is 8.56. The minimum absolute atomic E-state index is 0.0175. The maximum Gasteiger partial charge on any atom is 0.270 e. The lowest BCUT2D eigenvalue weighted by Crippen LogP contribution is -2.13. The maximum atomic E-state index is 12.3. The highest BCUT2D eigenvalue weighted by Gasteiger charge is 2.17. The molecule has 146 valence electrons. The van der Waals surface area contributed by atoms with E-state index < -0.39 is 14.8 Å². The fraction of sp³-hybridized carbons (Fsp3) is 0.222. The third-order valence-corrected chi connectivity index (χ3v) is 6.00. The van der Waals surface area contributed by atoms with Gasteiger partial charge in [-0.05, 0) is 24.3 Å². The molecule has 0 aliphatic heterocycles. The minimum Gasteiger partial charge on any atom is -0.376 e. The molecule has 0 aliphatic carbocycles. The number of aromatic nitrogens is 2. The van der Waals surface area contributed by atoms with Gasteiger partial charge in [-0.15, -0.1) is 0 Å². The van der Waals surface area contributed by atoms with E-state index in [1.54, 1.807) is 31.2 Å². The van der Waals surface area contributed by atoms with Crippen LogP contribution in [0.2, 0.25) is 0 Å². The van der Waals surface area contributed by atoms with Gasteiger partial charge < -0.3 is 10.2 Å². The summed E-state index contributed by atoms with van der Waals surface area (Å²) in [4.78, 5) is 21.0.